The van der Waals surface area contributed by atoms with Gasteiger partial charge in [-0.05, 0) is 118 Å². The van der Waals surface area contributed by atoms with Crippen LogP contribution in [-0.2, 0) is 31.8 Å². The fraction of sp³-hybridized carbons (Fsp3) is 0.543. The highest BCUT2D eigenvalue weighted by Gasteiger charge is 2.39. The van der Waals surface area contributed by atoms with Gasteiger partial charge in [0.15, 0.2) is 5.78 Å². The molecule has 12 heteroatoms. The van der Waals surface area contributed by atoms with Gasteiger partial charge in [0.05, 0.1) is 33.4 Å². The van der Waals surface area contributed by atoms with Crippen molar-refractivity contribution >= 4 is 26.0 Å². The second kappa shape index (κ2) is 18.8. The van der Waals surface area contributed by atoms with E-state index in [4.69, 9.17) is 14.2 Å². The van der Waals surface area contributed by atoms with Gasteiger partial charge < -0.3 is 24.4 Å². The molecule has 0 unspecified atom stereocenters. The van der Waals surface area contributed by atoms with Crippen LogP contribution >= 0.6 is 0 Å². The Morgan fingerprint density at radius 3 is 1.79 bits per heavy atom. The highest BCUT2D eigenvalue weighted by Crippen LogP contribution is 2.40. The summed E-state index contributed by atoms with van der Waals surface area (Å²) in [5.74, 6) is -2.83. The van der Waals surface area contributed by atoms with Crippen molar-refractivity contribution in [1.29, 1.82) is 0 Å². The van der Waals surface area contributed by atoms with E-state index in [2.05, 4.69) is 39.2 Å². The molecule has 1 N–H and O–H groups in total. The summed E-state index contributed by atoms with van der Waals surface area (Å²) < 4.78 is 62.1. The molecule has 4 rings (SSSR count). The monoisotopic (exact) mass is 824 g/mol. The van der Waals surface area contributed by atoms with Gasteiger partial charge in [-0.25, -0.2) is 22.8 Å². The van der Waals surface area contributed by atoms with Gasteiger partial charge in [0.2, 0.25) is 0 Å². The van der Waals surface area contributed by atoms with Gasteiger partial charge in [0, 0.05) is 12.3 Å². The minimum Gasteiger partial charge on any atom is -0.444 e. The Balaban J connectivity index is 1.64. The van der Waals surface area contributed by atoms with Crippen LogP contribution < -0.4 is 5.32 Å². The molecule has 0 radical (unpaired) electrons. The molecule has 58 heavy (non-hydrogen) atoms. The number of ether oxygens (including phenoxy) is 3. The Hall–Kier alpha value is -4.16. The van der Waals surface area contributed by atoms with E-state index < -0.39 is 72.8 Å². The van der Waals surface area contributed by atoms with Crippen LogP contribution in [0.1, 0.15) is 103 Å². The molecule has 1 fully saturated rings. The van der Waals surface area contributed by atoms with Gasteiger partial charge >= 0.3 is 12.2 Å². The highest BCUT2D eigenvalue weighted by molar-refractivity contribution is 6.80. The Kier molecular flexibility index (Phi) is 15.1. The maximum Gasteiger partial charge on any atom is 0.410 e. The molecule has 1 saturated heterocycles. The van der Waals surface area contributed by atoms with Gasteiger partial charge in [-0.2, -0.15) is 0 Å². The number of alkyl carbamates (subject to hydrolysis) is 1. The van der Waals surface area contributed by atoms with Gasteiger partial charge in [-0.3, -0.25) is 4.79 Å². The Labute approximate surface area is 344 Å². The van der Waals surface area contributed by atoms with Crippen molar-refractivity contribution in [2.24, 2.45) is 0 Å². The molecule has 1 heterocycles. The summed E-state index contributed by atoms with van der Waals surface area (Å²) in [4.78, 5) is 43.0. The smallest absolute Gasteiger partial charge is 0.410 e. The van der Waals surface area contributed by atoms with Crippen LogP contribution in [0.3, 0.4) is 0 Å². The van der Waals surface area contributed by atoms with Gasteiger partial charge in [-0.1, -0.05) is 76.3 Å². The fourth-order valence-corrected chi connectivity index (χ4v) is 8.76. The third kappa shape index (κ3) is 13.4. The normalized spacial score (nSPS) is 17.2. The number of Topliss-reactive ketones (excluding diaryl/α,β-unsaturated/α-hetero) is 1. The SMILES string of the molecule is CC(C)(C)OC(=O)N[C@H](C(=O)Cc1cccc(F)c1CC[C@@H]1CN(C(=O)OC(C)(C)C)C[C@@H](CC[Si](C)(C)C(C)(C)C)O1)C(c1ccc(F)cc1)c1ccc(F)cc1. The average Bonchev–Trinajstić information content (AvgIpc) is 3.09. The maximum absolute atomic E-state index is 15.9. The zero-order valence-electron chi connectivity index (χ0n) is 36.1. The molecule has 0 bridgehead atoms. The van der Waals surface area contributed by atoms with Gasteiger partial charge in [-0.15, -0.1) is 0 Å². The summed E-state index contributed by atoms with van der Waals surface area (Å²) in [7, 11) is -1.65. The van der Waals surface area contributed by atoms with Crippen LogP contribution in [0.4, 0.5) is 22.8 Å². The standard InChI is InChI=1S/C46H63F3N2O6Si/c1-44(2,3)56-42(53)50-41(40(30-15-19-33(47)20-16-30)31-17-21-34(48)22-18-31)39(52)27-32-13-12-14-38(49)37(32)24-23-35-28-51(43(54)57-45(4,5)6)29-36(55-35)25-26-58(10,11)46(7,8)9/h12-22,35-36,40-41H,23-29H2,1-11H3,(H,50,53)/t35-,36-,41-/m1/s1. The molecule has 1 aliphatic rings. The number of hydrogen-bond acceptors (Lipinski definition) is 6. The molecule has 8 nitrogen and oxygen atoms in total. The van der Waals surface area contributed by atoms with E-state index in [1.54, 1.807) is 31.7 Å². The molecule has 1 aliphatic heterocycles. The van der Waals surface area contributed by atoms with E-state index in [9.17, 15) is 23.2 Å². The summed E-state index contributed by atoms with van der Waals surface area (Å²) in [5, 5.41) is 2.93. The summed E-state index contributed by atoms with van der Waals surface area (Å²) in [5.41, 5.74) is 0.162. The molecular weight excluding hydrogens is 762 g/mol. The van der Waals surface area contributed by atoms with E-state index in [1.807, 2.05) is 20.8 Å². The van der Waals surface area contributed by atoms with E-state index >= 15 is 4.39 Å². The zero-order valence-corrected chi connectivity index (χ0v) is 37.1. The lowest BCUT2D eigenvalue weighted by molar-refractivity contribution is -0.120. The molecule has 0 saturated carbocycles. The number of morpholine rings is 1. The topological polar surface area (TPSA) is 94.2 Å². The summed E-state index contributed by atoms with van der Waals surface area (Å²) in [6.07, 6.45) is -0.833. The first-order chi connectivity index (χ1) is 26.8. The first-order valence-corrected chi connectivity index (χ1v) is 23.5. The maximum atomic E-state index is 15.9. The number of carbonyl (C=O) groups excluding carboxylic acids is 3. The lowest BCUT2D eigenvalue weighted by Gasteiger charge is -2.41. The first-order valence-electron chi connectivity index (χ1n) is 20.2. The molecule has 0 aromatic heterocycles. The zero-order chi connectivity index (χ0) is 43.2. The number of nitrogens with zero attached hydrogens (tertiary/aromatic N) is 1. The van der Waals surface area contributed by atoms with E-state index in [0.717, 1.165) is 12.5 Å². The third-order valence-corrected chi connectivity index (χ3v) is 16.7. The predicted molar refractivity (Wildman–Crippen MR) is 224 cm³/mol. The van der Waals surface area contributed by atoms with Crippen LogP contribution in [0.15, 0.2) is 66.7 Å². The molecule has 2 amide bonds. The Morgan fingerprint density at radius 1 is 0.776 bits per heavy atom. The lowest BCUT2D eigenvalue weighted by atomic mass is 9.81. The quantitative estimate of drug-likeness (QED) is 0.173. The third-order valence-electron chi connectivity index (χ3n) is 11.1. The van der Waals surface area contributed by atoms with Crippen LogP contribution in [0, 0.1) is 17.5 Å². The molecule has 3 atom stereocenters. The van der Waals surface area contributed by atoms with Crippen molar-refractivity contribution in [3.8, 4) is 0 Å². The molecule has 318 valence electrons. The second-order valence-corrected chi connectivity index (χ2v) is 25.0. The second-order valence-electron chi connectivity index (χ2n) is 19.2. The number of carbonyl (C=O) groups is 3. The van der Waals surface area contributed by atoms with Crippen LogP contribution in [-0.4, -0.2) is 73.5 Å². The largest absolute Gasteiger partial charge is 0.444 e. The number of hydrogen-bond donors (Lipinski definition) is 1. The minimum absolute atomic E-state index is 0.185. The van der Waals surface area contributed by atoms with Crippen molar-refractivity contribution in [3.63, 3.8) is 0 Å². The Bertz CT molecular complexity index is 1820. The van der Waals surface area contributed by atoms with Gasteiger partial charge in [0.1, 0.15) is 34.7 Å². The van der Waals surface area contributed by atoms with Crippen molar-refractivity contribution in [2.45, 2.75) is 148 Å². The highest BCUT2D eigenvalue weighted by atomic mass is 28.3. The summed E-state index contributed by atoms with van der Waals surface area (Å²) >= 11 is 0. The van der Waals surface area contributed by atoms with Crippen LogP contribution in [0.25, 0.3) is 0 Å². The molecule has 3 aromatic rings. The lowest BCUT2D eigenvalue weighted by Crippen LogP contribution is -2.52. The first kappa shape index (κ1) is 46.5. The fourth-order valence-electron chi connectivity index (χ4n) is 6.97. The van der Waals surface area contributed by atoms with E-state index in [-0.39, 0.29) is 30.5 Å². The average molecular weight is 825 g/mol. The van der Waals surface area contributed by atoms with Crippen LogP contribution in [0.2, 0.25) is 24.2 Å². The summed E-state index contributed by atoms with van der Waals surface area (Å²) in [6.45, 7) is 22.8. The number of benzene rings is 3. The Morgan fingerprint density at radius 2 is 1.29 bits per heavy atom. The van der Waals surface area contributed by atoms with Crippen molar-refractivity contribution in [3.05, 3.63) is 106 Å². The number of ketones is 1. The number of amides is 2. The van der Waals surface area contributed by atoms with Crippen molar-refractivity contribution in [1.82, 2.24) is 10.2 Å². The predicted octanol–water partition coefficient (Wildman–Crippen LogP) is 10.8. The molecular formula is C46H63F3N2O6Si. The number of rotatable bonds is 13. The number of nitrogens with one attached hydrogen (secondary N) is 1. The molecule has 0 spiro atoms. The van der Waals surface area contributed by atoms with Crippen molar-refractivity contribution in [2.75, 3.05) is 13.1 Å². The minimum atomic E-state index is -1.65. The molecule has 3 aromatic carbocycles. The van der Waals surface area contributed by atoms with Crippen molar-refractivity contribution < 1.29 is 41.8 Å². The van der Waals surface area contributed by atoms with E-state index in [1.165, 1.54) is 60.7 Å². The van der Waals surface area contributed by atoms with Crippen LogP contribution in [0.5, 0.6) is 0 Å². The van der Waals surface area contributed by atoms with Gasteiger partial charge in [0.25, 0.3) is 0 Å². The van der Waals surface area contributed by atoms with E-state index in [0.29, 0.717) is 35.2 Å². The molecule has 0 aliphatic carbocycles. The summed E-state index contributed by atoms with van der Waals surface area (Å²) in [6, 6.07) is 15.3. The number of halogens is 3.